The summed E-state index contributed by atoms with van der Waals surface area (Å²) in [7, 11) is 0. The molecule has 4 aliphatic rings. The molecule has 4 aliphatic carbocycles. The van der Waals surface area contributed by atoms with Crippen LogP contribution in [0, 0.1) is 28.6 Å². The first-order valence-corrected chi connectivity index (χ1v) is 10.0. The lowest BCUT2D eigenvalue weighted by atomic mass is 9.48. The van der Waals surface area contributed by atoms with Crippen LogP contribution in [0.15, 0.2) is 22.8 Å². The van der Waals surface area contributed by atoms with Gasteiger partial charge >= 0.3 is 0 Å². The van der Waals surface area contributed by atoms with Gasteiger partial charge in [0.15, 0.2) is 5.78 Å². The number of fused-ring (bicyclic) bond motifs is 5. The third-order valence-electron chi connectivity index (χ3n) is 8.41. The Bertz CT molecular complexity index is 683. The number of hydrogen-bond donors (Lipinski definition) is 2. The van der Waals surface area contributed by atoms with Gasteiger partial charge in [-0.2, -0.15) is 0 Å². The molecule has 0 aromatic carbocycles. The molecule has 0 spiro atoms. The van der Waals surface area contributed by atoms with Crippen molar-refractivity contribution in [1.29, 1.82) is 0 Å². The van der Waals surface area contributed by atoms with Crippen LogP contribution in [0.5, 0.6) is 0 Å². The summed E-state index contributed by atoms with van der Waals surface area (Å²) in [5, 5.41) is 22.0. The summed E-state index contributed by atoms with van der Waals surface area (Å²) >= 11 is 6.69. The van der Waals surface area contributed by atoms with Gasteiger partial charge in [-0.15, -0.1) is 0 Å². The second-order valence-electron chi connectivity index (χ2n) is 9.32. The highest BCUT2D eigenvalue weighted by molar-refractivity contribution is 6.32. The minimum atomic E-state index is -1.19. The van der Waals surface area contributed by atoms with Crippen LogP contribution < -0.4 is 0 Å². The highest BCUT2D eigenvalue weighted by Gasteiger charge is 2.65. The van der Waals surface area contributed by atoms with Crippen LogP contribution in [-0.4, -0.2) is 27.7 Å². The summed E-state index contributed by atoms with van der Waals surface area (Å²) in [4.78, 5) is 12.3. The normalized spacial score (nSPS) is 51.8. The summed E-state index contributed by atoms with van der Waals surface area (Å²) in [5.74, 6) is 0.978. The van der Waals surface area contributed by atoms with Gasteiger partial charge < -0.3 is 10.2 Å². The maximum Gasteiger partial charge on any atom is 0.161 e. The van der Waals surface area contributed by atoms with Crippen molar-refractivity contribution in [3.05, 3.63) is 22.8 Å². The molecule has 3 nitrogen and oxygen atoms in total. The zero-order valence-corrected chi connectivity index (χ0v) is 16.1. The minimum Gasteiger partial charge on any atom is -0.389 e. The number of hydrogen-bond acceptors (Lipinski definition) is 3. The van der Waals surface area contributed by atoms with Gasteiger partial charge in [0.2, 0.25) is 0 Å². The van der Waals surface area contributed by atoms with Gasteiger partial charge in [0.05, 0.1) is 6.10 Å². The molecule has 4 rings (SSSR count). The van der Waals surface area contributed by atoms with Crippen LogP contribution >= 0.6 is 11.6 Å². The first-order chi connectivity index (χ1) is 11.6. The van der Waals surface area contributed by atoms with Crippen molar-refractivity contribution in [3.63, 3.8) is 0 Å². The van der Waals surface area contributed by atoms with E-state index in [1.807, 2.05) is 6.08 Å². The first kappa shape index (κ1) is 17.8. The Morgan fingerprint density at radius 2 is 1.80 bits per heavy atom. The smallest absolute Gasteiger partial charge is 0.161 e. The lowest BCUT2D eigenvalue weighted by Crippen LogP contribution is -2.56. The van der Waals surface area contributed by atoms with E-state index in [-0.39, 0.29) is 16.6 Å². The fourth-order valence-corrected chi connectivity index (χ4v) is 7.24. The molecular formula is C21H29ClO3. The molecule has 0 aromatic rings. The van der Waals surface area contributed by atoms with Crippen molar-refractivity contribution in [1.82, 2.24) is 0 Å². The highest BCUT2D eigenvalue weighted by atomic mass is 35.5. The molecule has 138 valence electrons. The Hall–Kier alpha value is -0.640. The van der Waals surface area contributed by atoms with E-state index in [4.69, 9.17) is 11.6 Å². The van der Waals surface area contributed by atoms with Crippen molar-refractivity contribution >= 4 is 17.4 Å². The van der Waals surface area contributed by atoms with E-state index in [2.05, 4.69) is 19.9 Å². The lowest BCUT2D eigenvalue weighted by molar-refractivity contribution is -0.156. The topological polar surface area (TPSA) is 57.5 Å². The first-order valence-electron chi connectivity index (χ1n) is 9.65. The number of halogens is 1. The third-order valence-corrected chi connectivity index (χ3v) is 8.74. The second kappa shape index (κ2) is 5.43. The molecule has 25 heavy (non-hydrogen) atoms. The molecule has 4 heteroatoms. The third kappa shape index (κ3) is 2.15. The Balaban J connectivity index is 1.78. The number of allylic oxidation sites excluding steroid dienone is 3. The number of carbonyl (C=O) groups excluding carboxylic acids is 1. The lowest BCUT2D eigenvalue weighted by Gasteiger charge is -2.57. The fourth-order valence-electron chi connectivity index (χ4n) is 6.81. The molecule has 0 heterocycles. The van der Waals surface area contributed by atoms with Gasteiger partial charge in [0.25, 0.3) is 0 Å². The van der Waals surface area contributed by atoms with Crippen molar-refractivity contribution in [2.24, 2.45) is 28.6 Å². The highest BCUT2D eigenvalue weighted by Crippen LogP contribution is 2.67. The molecule has 2 N–H and O–H groups in total. The van der Waals surface area contributed by atoms with Gasteiger partial charge in [-0.1, -0.05) is 37.6 Å². The van der Waals surface area contributed by atoms with Crippen LogP contribution in [0.4, 0.5) is 0 Å². The SMILES string of the molecule is CC(=O)[C@]1(O)CC[C@@H]2[C@H]3C=C(Cl)C4=C[C@@H](O)CC[C@]4(C)[C@@H]3CC[C@]21C. The van der Waals surface area contributed by atoms with Crippen LogP contribution in [-0.2, 0) is 4.79 Å². The predicted molar refractivity (Wildman–Crippen MR) is 98.0 cm³/mol. The maximum absolute atomic E-state index is 12.3. The molecule has 0 aliphatic heterocycles. The van der Waals surface area contributed by atoms with E-state index in [0.717, 1.165) is 42.7 Å². The maximum atomic E-state index is 12.3. The molecule has 0 saturated heterocycles. The van der Waals surface area contributed by atoms with Crippen LogP contribution in [0.25, 0.3) is 0 Å². The molecule has 2 saturated carbocycles. The number of ketones is 1. The van der Waals surface area contributed by atoms with Crippen molar-refractivity contribution in [3.8, 4) is 0 Å². The van der Waals surface area contributed by atoms with E-state index >= 15 is 0 Å². The Morgan fingerprint density at radius 3 is 2.48 bits per heavy atom. The number of aliphatic hydroxyl groups excluding tert-OH is 1. The minimum absolute atomic E-state index is 0.00596. The van der Waals surface area contributed by atoms with Crippen molar-refractivity contribution in [2.45, 2.75) is 71.0 Å². The summed E-state index contributed by atoms with van der Waals surface area (Å²) < 4.78 is 0. The Morgan fingerprint density at radius 1 is 1.12 bits per heavy atom. The van der Waals surface area contributed by atoms with E-state index in [9.17, 15) is 15.0 Å². The van der Waals surface area contributed by atoms with Crippen molar-refractivity contribution in [2.75, 3.05) is 0 Å². The molecule has 2 fully saturated rings. The van der Waals surface area contributed by atoms with Gasteiger partial charge in [-0.05, 0) is 74.2 Å². The van der Waals surface area contributed by atoms with E-state index in [1.54, 1.807) is 0 Å². The monoisotopic (exact) mass is 364 g/mol. The van der Waals surface area contributed by atoms with Gasteiger partial charge in [-0.3, -0.25) is 4.79 Å². The molecule has 0 aromatic heterocycles. The summed E-state index contributed by atoms with van der Waals surface area (Å²) in [6, 6.07) is 0. The van der Waals surface area contributed by atoms with Crippen LogP contribution in [0.1, 0.15) is 59.3 Å². The van der Waals surface area contributed by atoms with Gasteiger partial charge in [0, 0.05) is 10.4 Å². The van der Waals surface area contributed by atoms with E-state index < -0.39 is 11.7 Å². The zero-order valence-electron chi connectivity index (χ0n) is 15.4. The largest absolute Gasteiger partial charge is 0.389 e. The standard InChI is InChI=1S/C21H29ClO3/c1-12(23)21(25)9-6-16-14-11-18(22)17-10-13(24)4-7-19(17,2)15(14)5-8-20(16,21)3/h10-11,13-16,24-25H,4-9H2,1-3H3/t13-,14-,15+,16+,19+,20+,21+/m0/s1. The molecule has 7 atom stereocenters. The average molecular weight is 365 g/mol. The van der Waals surface area contributed by atoms with Crippen LogP contribution in [0.2, 0.25) is 0 Å². The number of Topliss-reactive ketones (excluding diaryl/α,β-unsaturated/α-hetero) is 1. The summed E-state index contributed by atoms with van der Waals surface area (Å²) in [6.07, 6.45) is 8.79. The molecule has 0 bridgehead atoms. The number of aliphatic hydroxyl groups is 2. The Labute approximate surface area is 155 Å². The average Bonchev–Trinajstić information content (AvgIpc) is 2.83. The predicted octanol–water partition coefficient (Wildman–Crippen LogP) is 3.97. The molecule has 0 radical (unpaired) electrons. The van der Waals surface area contributed by atoms with Crippen LogP contribution in [0.3, 0.4) is 0 Å². The van der Waals surface area contributed by atoms with E-state index in [1.165, 1.54) is 6.92 Å². The second-order valence-corrected chi connectivity index (χ2v) is 9.73. The van der Waals surface area contributed by atoms with E-state index in [0.29, 0.717) is 24.2 Å². The summed E-state index contributed by atoms with van der Waals surface area (Å²) in [6.45, 7) is 5.95. The fraction of sp³-hybridized carbons (Fsp3) is 0.762. The summed E-state index contributed by atoms with van der Waals surface area (Å²) in [5.41, 5.74) is -0.450. The number of carbonyl (C=O) groups is 1. The molecule has 0 amide bonds. The quantitative estimate of drug-likeness (QED) is 0.740. The molecule has 0 unspecified atom stereocenters. The van der Waals surface area contributed by atoms with Gasteiger partial charge in [-0.25, -0.2) is 0 Å². The zero-order chi connectivity index (χ0) is 18.2. The Kier molecular flexibility index (Phi) is 3.86. The van der Waals surface area contributed by atoms with Gasteiger partial charge in [0.1, 0.15) is 5.60 Å². The number of rotatable bonds is 1. The van der Waals surface area contributed by atoms with Crippen molar-refractivity contribution < 1.29 is 15.0 Å². The molecular weight excluding hydrogens is 336 g/mol.